The smallest absolute Gasteiger partial charge is 0.343 e. The van der Waals surface area contributed by atoms with Gasteiger partial charge in [-0.15, -0.1) is 0 Å². The highest BCUT2D eigenvalue weighted by atomic mass is 16.5. The van der Waals surface area contributed by atoms with Crippen molar-refractivity contribution in [3.8, 4) is 28.4 Å². The molecule has 0 unspecified atom stereocenters. The van der Waals surface area contributed by atoms with Crippen molar-refractivity contribution in [2.75, 3.05) is 6.61 Å². The molecule has 196 valence electrons. The molecule has 0 saturated carbocycles. The van der Waals surface area contributed by atoms with Crippen LogP contribution in [0.15, 0.2) is 85.1 Å². The number of hydrogen-bond donors (Lipinski definition) is 0. The van der Waals surface area contributed by atoms with Gasteiger partial charge < -0.3 is 14.2 Å². The van der Waals surface area contributed by atoms with E-state index in [9.17, 15) is 4.79 Å². The summed E-state index contributed by atoms with van der Waals surface area (Å²) < 4.78 is 17.0. The molecular weight excluding hydrogens is 460 g/mol. The van der Waals surface area contributed by atoms with Crippen molar-refractivity contribution in [2.45, 2.75) is 65.7 Å². The molecule has 37 heavy (non-hydrogen) atoms. The number of ether oxygens (including phenoxy) is 3. The van der Waals surface area contributed by atoms with Crippen molar-refractivity contribution in [1.29, 1.82) is 0 Å². The topological polar surface area (TPSA) is 44.8 Å². The van der Waals surface area contributed by atoms with Gasteiger partial charge in [-0.3, -0.25) is 0 Å². The zero-order valence-electron chi connectivity index (χ0n) is 22.5. The Bertz CT molecular complexity index is 1080. The standard InChI is InChI=1S/C33H40O4/c1-4-6-7-8-9-10-11-24-35-30-20-22-32(23-21-30)37-33(34)29-14-12-27(13-15-29)28-16-18-31(19-17-28)36-25-26(3)5-2/h11-24,26H,4-10,25H2,1-3H3/b24-11+/t26-/m0/s1. The fraction of sp³-hybridized carbons (Fsp3) is 0.364. The normalized spacial score (nSPS) is 11.9. The van der Waals surface area contributed by atoms with E-state index in [1.165, 1.54) is 32.1 Å². The second kappa shape index (κ2) is 15.6. The van der Waals surface area contributed by atoms with Crippen LogP contribution in [0.2, 0.25) is 0 Å². The first kappa shape index (κ1) is 28.0. The molecule has 4 heteroatoms. The molecule has 0 heterocycles. The van der Waals surface area contributed by atoms with Gasteiger partial charge in [0.25, 0.3) is 0 Å². The molecule has 0 amide bonds. The number of carbonyl (C=O) groups is 1. The van der Waals surface area contributed by atoms with Gasteiger partial charge in [-0.25, -0.2) is 4.79 Å². The zero-order chi connectivity index (χ0) is 26.3. The van der Waals surface area contributed by atoms with Crippen LogP contribution < -0.4 is 14.2 Å². The molecule has 0 radical (unpaired) electrons. The molecule has 1 atom stereocenters. The number of rotatable bonds is 15. The molecule has 0 bridgehead atoms. The number of unbranched alkanes of at least 4 members (excludes halogenated alkanes) is 5. The maximum Gasteiger partial charge on any atom is 0.343 e. The van der Waals surface area contributed by atoms with Crippen LogP contribution in [-0.4, -0.2) is 12.6 Å². The molecule has 0 aliphatic heterocycles. The van der Waals surface area contributed by atoms with Crippen LogP contribution in [0.1, 0.15) is 76.1 Å². The van der Waals surface area contributed by atoms with E-state index in [2.05, 4.69) is 26.8 Å². The lowest BCUT2D eigenvalue weighted by atomic mass is 10.0. The van der Waals surface area contributed by atoms with Gasteiger partial charge in [-0.2, -0.15) is 0 Å². The van der Waals surface area contributed by atoms with Gasteiger partial charge in [0.05, 0.1) is 18.4 Å². The highest BCUT2D eigenvalue weighted by molar-refractivity contribution is 5.91. The number of hydrogen-bond acceptors (Lipinski definition) is 4. The first-order valence-electron chi connectivity index (χ1n) is 13.6. The quantitative estimate of drug-likeness (QED) is 0.0903. The maximum atomic E-state index is 12.6. The molecule has 0 aromatic heterocycles. The second-order valence-corrected chi connectivity index (χ2v) is 9.48. The maximum absolute atomic E-state index is 12.6. The summed E-state index contributed by atoms with van der Waals surface area (Å²) in [6.07, 6.45) is 12.2. The summed E-state index contributed by atoms with van der Waals surface area (Å²) >= 11 is 0. The predicted octanol–water partition coefficient (Wildman–Crippen LogP) is 9.25. The molecule has 3 aromatic carbocycles. The Kier molecular flexibility index (Phi) is 11.8. The van der Waals surface area contributed by atoms with Crippen molar-refractivity contribution in [1.82, 2.24) is 0 Å². The third-order valence-corrected chi connectivity index (χ3v) is 6.35. The lowest BCUT2D eigenvalue weighted by Crippen LogP contribution is -2.08. The van der Waals surface area contributed by atoms with Crippen LogP contribution in [-0.2, 0) is 0 Å². The Morgan fingerprint density at radius 2 is 1.35 bits per heavy atom. The van der Waals surface area contributed by atoms with Crippen LogP contribution in [0.25, 0.3) is 11.1 Å². The first-order valence-corrected chi connectivity index (χ1v) is 13.6. The minimum atomic E-state index is -0.392. The van der Waals surface area contributed by atoms with E-state index in [0.29, 0.717) is 23.0 Å². The average Bonchev–Trinajstić information content (AvgIpc) is 2.94. The molecule has 0 spiro atoms. The number of allylic oxidation sites excluding steroid dienone is 1. The van der Waals surface area contributed by atoms with E-state index in [4.69, 9.17) is 14.2 Å². The van der Waals surface area contributed by atoms with E-state index in [-0.39, 0.29) is 0 Å². The van der Waals surface area contributed by atoms with E-state index < -0.39 is 5.97 Å². The summed E-state index contributed by atoms with van der Waals surface area (Å²) in [5.41, 5.74) is 2.59. The molecule has 0 saturated heterocycles. The summed E-state index contributed by atoms with van der Waals surface area (Å²) in [7, 11) is 0. The van der Waals surface area contributed by atoms with Crippen molar-refractivity contribution in [3.05, 3.63) is 90.7 Å². The summed E-state index contributed by atoms with van der Waals surface area (Å²) in [5, 5.41) is 0. The largest absolute Gasteiger partial charge is 0.493 e. The highest BCUT2D eigenvalue weighted by Gasteiger charge is 2.10. The van der Waals surface area contributed by atoms with Gasteiger partial charge in [0.2, 0.25) is 0 Å². The lowest BCUT2D eigenvalue weighted by molar-refractivity contribution is 0.0734. The highest BCUT2D eigenvalue weighted by Crippen LogP contribution is 2.24. The van der Waals surface area contributed by atoms with Gasteiger partial charge in [0, 0.05) is 0 Å². The lowest BCUT2D eigenvalue weighted by Gasteiger charge is -2.11. The number of carbonyl (C=O) groups excluding carboxylic acids is 1. The first-order chi connectivity index (χ1) is 18.1. The summed E-state index contributed by atoms with van der Waals surface area (Å²) in [6, 6.07) is 22.5. The molecule has 0 aliphatic rings. The average molecular weight is 501 g/mol. The van der Waals surface area contributed by atoms with Crippen molar-refractivity contribution < 1.29 is 19.0 Å². The molecule has 3 aromatic rings. The van der Waals surface area contributed by atoms with Gasteiger partial charge in [0.1, 0.15) is 17.2 Å². The van der Waals surface area contributed by atoms with Crippen molar-refractivity contribution >= 4 is 5.97 Å². The van der Waals surface area contributed by atoms with Gasteiger partial charge in [-0.1, -0.05) is 77.1 Å². The van der Waals surface area contributed by atoms with Crippen LogP contribution in [0.4, 0.5) is 0 Å². The fourth-order valence-corrected chi connectivity index (χ4v) is 3.71. The van der Waals surface area contributed by atoms with Gasteiger partial charge >= 0.3 is 5.97 Å². The molecule has 3 rings (SSSR count). The Balaban J connectivity index is 1.46. The van der Waals surface area contributed by atoms with E-state index >= 15 is 0 Å². The van der Waals surface area contributed by atoms with Crippen LogP contribution in [0.3, 0.4) is 0 Å². The third-order valence-electron chi connectivity index (χ3n) is 6.35. The Morgan fingerprint density at radius 1 is 0.757 bits per heavy atom. The molecule has 0 fully saturated rings. The Labute approximate surface area is 222 Å². The minimum absolute atomic E-state index is 0.392. The summed E-state index contributed by atoms with van der Waals surface area (Å²) in [4.78, 5) is 12.6. The van der Waals surface area contributed by atoms with E-state index in [0.717, 1.165) is 36.3 Å². The monoisotopic (exact) mass is 500 g/mol. The van der Waals surface area contributed by atoms with Gasteiger partial charge in [0.15, 0.2) is 0 Å². The van der Waals surface area contributed by atoms with Gasteiger partial charge in [-0.05, 0) is 84.5 Å². The zero-order valence-corrected chi connectivity index (χ0v) is 22.5. The predicted molar refractivity (Wildman–Crippen MR) is 151 cm³/mol. The summed E-state index contributed by atoms with van der Waals surface area (Å²) in [6.45, 7) is 7.29. The number of benzene rings is 3. The summed E-state index contributed by atoms with van der Waals surface area (Å²) in [5.74, 6) is 2.21. The molecule has 4 nitrogen and oxygen atoms in total. The SMILES string of the molecule is CCCCCCC/C=C/Oc1ccc(OC(=O)c2ccc(-c3ccc(OC[C@@H](C)CC)cc3)cc2)cc1. The van der Waals surface area contributed by atoms with Crippen LogP contribution in [0, 0.1) is 5.92 Å². The van der Waals surface area contributed by atoms with E-state index in [1.807, 2.05) is 36.4 Å². The number of esters is 1. The minimum Gasteiger partial charge on any atom is -0.493 e. The van der Waals surface area contributed by atoms with Crippen LogP contribution in [0.5, 0.6) is 17.2 Å². The molecule has 0 aliphatic carbocycles. The fourth-order valence-electron chi connectivity index (χ4n) is 3.71. The van der Waals surface area contributed by atoms with E-state index in [1.54, 1.807) is 42.7 Å². The Hall–Kier alpha value is -3.53. The molecule has 0 N–H and O–H groups in total. The second-order valence-electron chi connectivity index (χ2n) is 9.48. The third kappa shape index (κ3) is 9.80. The van der Waals surface area contributed by atoms with Crippen molar-refractivity contribution in [3.63, 3.8) is 0 Å². The van der Waals surface area contributed by atoms with Crippen LogP contribution >= 0.6 is 0 Å². The Morgan fingerprint density at radius 3 is 2.00 bits per heavy atom. The van der Waals surface area contributed by atoms with Crippen molar-refractivity contribution in [2.24, 2.45) is 5.92 Å². The molecular formula is C33H40O4.